The van der Waals surface area contributed by atoms with Crippen LogP contribution in [0, 0.1) is 18.6 Å². The predicted octanol–water partition coefficient (Wildman–Crippen LogP) is 5.75. The highest BCUT2D eigenvalue weighted by Crippen LogP contribution is 2.36. The van der Waals surface area contributed by atoms with Gasteiger partial charge in [-0.25, -0.2) is 8.78 Å². The Balaban J connectivity index is 1.79. The zero-order valence-electron chi connectivity index (χ0n) is 17.7. The number of fused-ring (bicyclic) bond motifs is 1. The number of aromatic nitrogens is 3. The lowest BCUT2D eigenvalue weighted by atomic mass is 10.00. The molecule has 5 nitrogen and oxygen atoms in total. The smallest absolute Gasteiger partial charge is 0.190 e. The minimum Gasteiger partial charge on any atom is -0.496 e. The van der Waals surface area contributed by atoms with E-state index < -0.39 is 11.6 Å². The van der Waals surface area contributed by atoms with Gasteiger partial charge in [-0.2, -0.15) is 0 Å². The van der Waals surface area contributed by atoms with Gasteiger partial charge in [-0.1, -0.05) is 17.4 Å². The van der Waals surface area contributed by atoms with Crippen LogP contribution in [0.1, 0.15) is 5.01 Å². The number of methoxy groups -OCH3 is 1. The van der Waals surface area contributed by atoms with Crippen LogP contribution in [0.5, 0.6) is 5.75 Å². The number of nitrogens with zero attached hydrogens (tertiary/aromatic N) is 3. The molecule has 0 unspecified atom stereocenters. The van der Waals surface area contributed by atoms with E-state index in [1.54, 1.807) is 34.9 Å². The maximum atomic E-state index is 14.6. The van der Waals surface area contributed by atoms with Crippen molar-refractivity contribution in [2.24, 2.45) is 0 Å². The van der Waals surface area contributed by atoms with Crippen LogP contribution in [-0.4, -0.2) is 21.7 Å². The topological polar surface area (TPSA) is 56.5 Å². The molecule has 0 fully saturated rings. The normalized spacial score (nSPS) is 11.2. The van der Waals surface area contributed by atoms with Gasteiger partial charge in [-0.05, 0) is 49.4 Å². The van der Waals surface area contributed by atoms with E-state index in [9.17, 15) is 13.6 Å². The van der Waals surface area contributed by atoms with Crippen LogP contribution in [0.25, 0.3) is 38.5 Å². The summed E-state index contributed by atoms with van der Waals surface area (Å²) < 4.78 is 35.3. The highest BCUT2D eigenvalue weighted by molar-refractivity contribution is 7.14. The fraction of sp³-hybridized carbons (Fsp3) is 0.0800. The first-order valence-electron chi connectivity index (χ1n) is 10.0. The second-order valence-electron chi connectivity index (χ2n) is 7.39. The molecule has 0 aliphatic carbocycles. The fourth-order valence-electron chi connectivity index (χ4n) is 3.87. The Bertz CT molecular complexity index is 1580. The molecule has 0 aliphatic rings. The van der Waals surface area contributed by atoms with Crippen LogP contribution in [0.2, 0.25) is 0 Å². The molecule has 3 heterocycles. The van der Waals surface area contributed by atoms with Gasteiger partial charge in [0.25, 0.3) is 0 Å². The van der Waals surface area contributed by atoms with Crippen LogP contribution in [0.3, 0.4) is 0 Å². The number of benzene rings is 2. The molecule has 5 aromatic rings. The van der Waals surface area contributed by atoms with Crippen molar-refractivity contribution in [1.29, 1.82) is 0 Å². The predicted molar refractivity (Wildman–Crippen MR) is 125 cm³/mol. The Morgan fingerprint density at radius 1 is 0.970 bits per heavy atom. The van der Waals surface area contributed by atoms with Crippen molar-refractivity contribution in [3.05, 3.63) is 93.7 Å². The highest BCUT2D eigenvalue weighted by atomic mass is 32.1. The summed E-state index contributed by atoms with van der Waals surface area (Å²) in [7, 11) is 1.54. The van der Waals surface area contributed by atoms with Gasteiger partial charge >= 0.3 is 0 Å². The second-order valence-corrected chi connectivity index (χ2v) is 8.57. The number of rotatable bonds is 4. The molecule has 33 heavy (non-hydrogen) atoms. The van der Waals surface area contributed by atoms with Crippen molar-refractivity contribution in [2.45, 2.75) is 6.92 Å². The molecule has 8 heteroatoms. The zero-order valence-corrected chi connectivity index (χ0v) is 18.5. The Hall–Kier alpha value is -3.91. The summed E-state index contributed by atoms with van der Waals surface area (Å²) in [5.41, 5.74) is 2.86. The fourth-order valence-corrected chi connectivity index (χ4v) is 4.56. The number of aryl methyl sites for hydroxylation is 1. The first-order valence-corrected chi connectivity index (χ1v) is 10.9. The summed E-state index contributed by atoms with van der Waals surface area (Å²) in [6, 6.07) is 15.6. The van der Waals surface area contributed by atoms with Gasteiger partial charge in [-0.3, -0.25) is 4.79 Å². The largest absolute Gasteiger partial charge is 0.496 e. The summed E-state index contributed by atoms with van der Waals surface area (Å²) in [6.07, 6.45) is 1.59. The van der Waals surface area contributed by atoms with Gasteiger partial charge < -0.3 is 9.14 Å². The first-order chi connectivity index (χ1) is 16.0. The molecule has 0 aliphatic heterocycles. The van der Waals surface area contributed by atoms with Crippen LogP contribution in [0.15, 0.2) is 71.7 Å². The monoisotopic (exact) mass is 461 g/mol. The second kappa shape index (κ2) is 8.22. The molecule has 0 saturated carbocycles. The van der Waals surface area contributed by atoms with E-state index in [0.29, 0.717) is 28.1 Å². The van der Waals surface area contributed by atoms with Crippen LogP contribution in [-0.2, 0) is 0 Å². The molecule has 0 atom stereocenters. The van der Waals surface area contributed by atoms with Crippen molar-refractivity contribution >= 4 is 16.9 Å². The van der Waals surface area contributed by atoms with Crippen LogP contribution in [0.4, 0.5) is 8.78 Å². The molecule has 0 bridgehead atoms. The number of ether oxygens (including phenoxy) is 1. The van der Waals surface area contributed by atoms with Gasteiger partial charge in [0.15, 0.2) is 5.43 Å². The van der Waals surface area contributed by atoms with E-state index >= 15 is 0 Å². The molecule has 0 spiro atoms. The average molecular weight is 461 g/mol. The lowest BCUT2D eigenvalue weighted by Crippen LogP contribution is -2.09. The van der Waals surface area contributed by atoms with Crippen molar-refractivity contribution in [2.75, 3.05) is 7.11 Å². The minimum absolute atomic E-state index is 0.212. The van der Waals surface area contributed by atoms with Crippen molar-refractivity contribution in [1.82, 2.24) is 14.6 Å². The molecular weight excluding hydrogens is 444 g/mol. The number of hydrogen-bond donors (Lipinski definition) is 0. The molecule has 5 rings (SSSR count). The van der Waals surface area contributed by atoms with E-state index in [1.165, 1.54) is 36.6 Å². The quantitative estimate of drug-likeness (QED) is 0.342. The zero-order chi connectivity index (χ0) is 23.1. The lowest BCUT2D eigenvalue weighted by Gasteiger charge is -2.15. The standard InChI is InChI=1S/C25H17F2N3O2S/c1-14-28-29-25(33-14)15-6-9-23(32-2)18(12-15)24-21-5-3-4-20(30(21)11-10-22(24)31)17-8-7-16(26)13-19(17)27/h3-13H,1-2H3. The summed E-state index contributed by atoms with van der Waals surface area (Å²) >= 11 is 1.45. The summed E-state index contributed by atoms with van der Waals surface area (Å²) in [6.45, 7) is 1.87. The Morgan fingerprint density at radius 3 is 2.55 bits per heavy atom. The first kappa shape index (κ1) is 21.0. The third kappa shape index (κ3) is 3.68. The van der Waals surface area contributed by atoms with Crippen LogP contribution < -0.4 is 10.2 Å². The third-order valence-electron chi connectivity index (χ3n) is 5.35. The minimum atomic E-state index is -0.686. The summed E-state index contributed by atoms with van der Waals surface area (Å²) in [4.78, 5) is 13.1. The van der Waals surface area contributed by atoms with E-state index in [2.05, 4.69) is 10.2 Å². The maximum absolute atomic E-state index is 14.6. The van der Waals surface area contributed by atoms with E-state index in [4.69, 9.17) is 4.74 Å². The van der Waals surface area contributed by atoms with Gasteiger partial charge in [0.2, 0.25) is 0 Å². The Labute approximate surface area is 191 Å². The number of pyridine rings is 2. The molecule has 2 aromatic carbocycles. The van der Waals surface area contributed by atoms with Crippen molar-refractivity contribution in [3.63, 3.8) is 0 Å². The van der Waals surface area contributed by atoms with Gasteiger partial charge in [0, 0.05) is 35.0 Å². The van der Waals surface area contributed by atoms with E-state index in [0.717, 1.165) is 21.6 Å². The van der Waals surface area contributed by atoms with Crippen LogP contribution >= 0.6 is 11.3 Å². The van der Waals surface area contributed by atoms with Gasteiger partial charge in [0.1, 0.15) is 27.4 Å². The highest BCUT2D eigenvalue weighted by Gasteiger charge is 2.18. The van der Waals surface area contributed by atoms with Gasteiger partial charge in [-0.15, -0.1) is 10.2 Å². The molecule has 3 aromatic heterocycles. The Morgan fingerprint density at radius 2 is 1.82 bits per heavy atom. The number of halogens is 2. The lowest BCUT2D eigenvalue weighted by molar-refractivity contribution is 0.416. The molecule has 0 radical (unpaired) electrons. The molecule has 164 valence electrons. The average Bonchev–Trinajstić information content (AvgIpc) is 3.24. The van der Waals surface area contributed by atoms with Gasteiger partial charge in [0.05, 0.1) is 23.9 Å². The summed E-state index contributed by atoms with van der Waals surface area (Å²) in [5.74, 6) is -0.824. The molecule has 0 N–H and O–H groups in total. The third-order valence-corrected chi connectivity index (χ3v) is 6.24. The molecule has 0 amide bonds. The van der Waals surface area contributed by atoms with Crippen molar-refractivity contribution in [3.8, 4) is 38.7 Å². The SMILES string of the molecule is COc1ccc(-c2nnc(C)s2)cc1-c1c(=O)ccn2c(-c3ccc(F)cc3F)cccc12. The molecular formula is C25H17F2N3O2S. The van der Waals surface area contributed by atoms with E-state index in [-0.39, 0.29) is 11.0 Å². The van der Waals surface area contributed by atoms with Crippen molar-refractivity contribution < 1.29 is 13.5 Å². The maximum Gasteiger partial charge on any atom is 0.190 e. The summed E-state index contributed by atoms with van der Waals surface area (Å²) in [5, 5.41) is 9.84. The number of hydrogen-bond acceptors (Lipinski definition) is 5. The molecule has 0 saturated heterocycles. The Kier molecular flexibility index (Phi) is 5.22. The van der Waals surface area contributed by atoms with E-state index in [1.807, 2.05) is 19.1 Å².